The normalized spacial score (nSPS) is 19.6. The van der Waals surface area contributed by atoms with Gasteiger partial charge >= 0.3 is 0 Å². The van der Waals surface area contributed by atoms with Gasteiger partial charge in [-0.2, -0.15) is 11.8 Å². The van der Waals surface area contributed by atoms with E-state index in [-0.39, 0.29) is 27.5 Å². The Morgan fingerprint density at radius 1 is 1.47 bits per heavy atom. The highest BCUT2D eigenvalue weighted by Crippen LogP contribution is 2.29. The highest BCUT2D eigenvalue weighted by Gasteiger charge is 2.25. The summed E-state index contributed by atoms with van der Waals surface area (Å²) in [5.41, 5.74) is -0.128. The fourth-order valence-corrected chi connectivity index (χ4v) is 3.44. The van der Waals surface area contributed by atoms with Crippen LogP contribution in [0.5, 0.6) is 0 Å². The lowest BCUT2D eigenvalue weighted by Gasteiger charge is -2.09. The molecule has 0 N–H and O–H groups in total. The zero-order valence-corrected chi connectivity index (χ0v) is 11.4. The molecule has 0 amide bonds. The van der Waals surface area contributed by atoms with E-state index in [0.717, 1.165) is 18.6 Å². The monoisotopic (exact) mass is 320 g/mol. The summed E-state index contributed by atoms with van der Waals surface area (Å²) in [6.07, 6.45) is 1.67. The maximum atomic E-state index is 13.7. The highest BCUT2D eigenvalue weighted by atomic mass is 79.9. The molecule has 5 heteroatoms. The first-order valence-electron chi connectivity index (χ1n) is 5.36. The van der Waals surface area contributed by atoms with E-state index in [1.807, 2.05) is 0 Å². The van der Waals surface area contributed by atoms with Crippen LogP contribution in [0.25, 0.3) is 0 Å². The fraction of sp³-hybridized carbons (Fsp3) is 0.417. The van der Waals surface area contributed by atoms with Gasteiger partial charge in [0.15, 0.2) is 0 Å². The molecule has 1 nitrogen and oxygen atoms in total. The van der Waals surface area contributed by atoms with Crippen LogP contribution in [0.4, 0.5) is 8.78 Å². The molecular formula is C12H11BrF2OS. The van der Waals surface area contributed by atoms with Gasteiger partial charge in [-0.25, -0.2) is 8.78 Å². The Morgan fingerprint density at radius 2 is 2.24 bits per heavy atom. The lowest BCUT2D eigenvalue weighted by molar-refractivity contribution is -0.118. The minimum absolute atomic E-state index is 0.0802. The Morgan fingerprint density at radius 3 is 2.88 bits per heavy atom. The predicted molar refractivity (Wildman–Crippen MR) is 68.2 cm³/mol. The van der Waals surface area contributed by atoms with E-state index < -0.39 is 11.6 Å². The summed E-state index contributed by atoms with van der Waals surface area (Å²) in [5.74, 6) is -0.438. The third kappa shape index (κ3) is 2.88. The van der Waals surface area contributed by atoms with Crippen molar-refractivity contribution in [2.24, 2.45) is 0 Å². The van der Waals surface area contributed by atoms with Crippen LogP contribution in [0.15, 0.2) is 16.6 Å². The van der Waals surface area contributed by atoms with Crippen LogP contribution < -0.4 is 0 Å². The topological polar surface area (TPSA) is 17.1 Å². The quantitative estimate of drug-likeness (QED) is 0.789. The predicted octanol–water partition coefficient (Wildman–Crippen LogP) is 3.73. The third-order valence-electron chi connectivity index (χ3n) is 2.78. The second-order valence-corrected chi connectivity index (χ2v) is 6.13. The molecule has 1 aliphatic rings. The molecule has 0 radical (unpaired) electrons. The molecule has 0 saturated carbocycles. The standard InChI is InChI=1S/C12H11BrF2OS/c13-8-3-4-9(14)7(12(8)15)6-10(16)11-2-1-5-17-11/h3-4,11H,1-2,5-6H2. The lowest BCUT2D eigenvalue weighted by Crippen LogP contribution is -2.18. The van der Waals surface area contributed by atoms with E-state index in [1.54, 1.807) is 11.8 Å². The van der Waals surface area contributed by atoms with Crippen molar-refractivity contribution in [3.05, 3.63) is 33.8 Å². The molecule has 1 unspecified atom stereocenters. The molecule has 92 valence electrons. The number of benzene rings is 1. The first-order valence-corrected chi connectivity index (χ1v) is 7.20. The summed E-state index contributed by atoms with van der Waals surface area (Å²) in [7, 11) is 0. The van der Waals surface area contributed by atoms with Crippen LogP contribution in [0, 0.1) is 11.6 Å². The number of hydrogen-bond acceptors (Lipinski definition) is 2. The van der Waals surface area contributed by atoms with Gasteiger partial charge in [-0.1, -0.05) is 0 Å². The van der Waals surface area contributed by atoms with Gasteiger partial charge in [-0.3, -0.25) is 4.79 Å². The lowest BCUT2D eigenvalue weighted by atomic mass is 10.0. The number of hydrogen-bond donors (Lipinski definition) is 0. The summed E-state index contributed by atoms with van der Waals surface area (Å²) < 4.78 is 27.3. The minimum Gasteiger partial charge on any atom is -0.298 e. The molecule has 1 heterocycles. The van der Waals surface area contributed by atoms with Gasteiger partial charge in [0.2, 0.25) is 0 Å². The van der Waals surface area contributed by atoms with Crippen molar-refractivity contribution in [3.63, 3.8) is 0 Å². The average molecular weight is 321 g/mol. The molecule has 1 aromatic rings. The van der Waals surface area contributed by atoms with Gasteiger partial charge in [0.25, 0.3) is 0 Å². The van der Waals surface area contributed by atoms with E-state index in [4.69, 9.17) is 0 Å². The Kier molecular flexibility index (Phi) is 4.20. The molecule has 0 aliphatic carbocycles. The zero-order valence-electron chi connectivity index (χ0n) is 9.01. The van der Waals surface area contributed by atoms with Crippen LogP contribution >= 0.6 is 27.7 Å². The van der Waals surface area contributed by atoms with Crippen LogP contribution in [-0.4, -0.2) is 16.8 Å². The van der Waals surface area contributed by atoms with Crippen LogP contribution in [0.1, 0.15) is 18.4 Å². The SMILES string of the molecule is O=C(Cc1c(F)ccc(Br)c1F)C1CCCS1. The van der Waals surface area contributed by atoms with Gasteiger partial charge in [-0.05, 0) is 46.7 Å². The second kappa shape index (κ2) is 5.48. The molecule has 1 aliphatic heterocycles. The largest absolute Gasteiger partial charge is 0.298 e. The summed E-state index contributed by atoms with van der Waals surface area (Å²) >= 11 is 4.57. The number of thioether (sulfide) groups is 1. The Labute approximate surface area is 111 Å². The maximum Gasteiger partial charge on any atom is 0.150 e. The second-order valence-electron chi connectivity index (χ2n) is 3.97. The van der Waals surface area contributed by atoms with Crippen molar-refractivity contribution in [1.82, 2.24) is 0 Å². The molecular weight excluding hydrogens is 310 g/mol. The van der Waals surface area contributed by atoms with Crippen molar-refractivity contribution in [1.29, 1.82) is 0 Å². The van der Waals surface area contributed by atoms with Crippen LogP contribution in [0.2, 0.25) is 0 Å². The Balaban J connectivity index is 2.17. The van der Waals surface area contributed by atoms with Gasteiger partial charge < -0.3 is 0 Å². The Bertz CT molecular complexity index is 444. The number of carbonyl (C=O) groups is 1. The van der Waals surface area contributed by atoms with Crippen molar-refractivity contribution in [2.45, 2.75) is 24.5 Å². The molecule has 1 atom stereocenters. The van der Waals surface area contributed by atoms with Crippen molar-refractivity contribution >= 4 is 33.5 Å². The van der Waals surface area contributed by atoms with Crippen molar-refractivity contribution < 1.29 is 13.6 Å². The highest BCUT2D eigenvalue weighted by molar-refractivity contribution is 9.10. The first-order chi connectivity index (χ1) is 8.09. The van der Waals surface area contributed by atoms with E-state index in [0.29, 0.717) is 0 Å². The minimum atomic E-state index is -0.665. The smallest absolute Gasteiger partial charge is 0.150 e. The number of rotatable bonds is 3. The Hall–Kier alpha value is -0.420. The van der Waals surface area contributed by atoms with E-state index in [2.05, 4.69) is 15.9 Å². The average Bonchev–Trinajstić information content (AvgIpc) is 2.83. The van der Waals surface area contributed by atoms with Gasteiger partial charge in [0.1, 0.15) is 17.4 Å². The molecule has 2 rings (SSSR count). The first kappa shape index (κ1) is 13.0. The number of Topliss-reactive ketones (excluding diaryl/α,β-unsaturated/α-hetero) is 1. The summed E-state index contributed by atoms with van der Waals surface area (Å²) in [4.78, 5) is 11.9. The summed E-state index contributed by atoms with van der Waals surface area (Å²) in [6.45, 7) is 0. The van der Waals surface area contributed by atoms with Gasteiger partial charge in [-0.15, -0.1) is 0 Å². The molecule has 1 aromatic carbocycles. The van der Waals surface area contributed by atoms with E-state index in [1.165, 1.54) is 12.1 Å². The fourth-order valence-electron chi connectivity index (χ4n) is 1.85. The molecule has 0 bridgehead atoms. The van der Waals surface area contributed by atoms with Crippen LogP contribution in [-0.2, 0) is 11.2 Å². The molecule has 0 aromatic heterocycles. The van der Waals surface area contributed by atoms with E-state index in [9.17, 15) is 13.6 Å². The number of halogens is 3. The van der Waals surface area contributed by atoms with Crippen LogP contribution in [0.3, 0.4) is 0 Å². The summed E-state index contributed by atoms with van der Waals surface area (Å²) in [6, 6.07) is 2.49. The number of ketones is 1. The van der Waals surface area contributed by atoms with E-state index >= 15 is 0 Å². The maximum absolute atomic E-state index is 13.7. The molecule has 1 saturated heterocycles. The molecule has 0 spiro atoms. The molecule has 1 fully saturated rings. The number of carbonyl (C=O) groups excluding carboxylic acids is 1. The van der Waals surface area contributed by atoms with Crippen molar-refractivity contribution in [3.8, 4) is 0 Å². The summed E-state index contributed by atoms with van der Waals surface area (Å²) in [5, 5.41) is -0.0900. The van der Waals surface area contributed by atoms with Gasteiger partial charge in [0.05, 0.1) is 9.72 Å². The van der Waals surface area contributed by atoms with Gasteiger partial charge in [0, 0.05) is 12.0 Å². The molecule has 17 heavy (non-hydrogen) atoms. The third-order valence-corrected chi connectivity index (χ3v) is 4.82. The van der Waals surface area contributed by atoms with Crippen molar-refractivity contribution in [2.75, 3.05) is 5.75 Å². The zero-order chi connectivity index (χ0) is 12.4.